The van der Waals surface area contributed by atoms with Crippen LogP contribution in [0.15, 0.2) is 24.3 Å². The number of hydrogen-bond donors (Lipinski definition) is 1. The van der Waals surface area contributed by atoms with Crippen molar-refractivity contribution in [3.05, 3.63) is 35.4 Å². The molecule has 0 aromatic heterocycles. The van der Waals surface area contributed by atoms with Crippen molar-refractivity contribution < 1.29 is 0 Å². The van der Waals surface area contributed by atoms with Crippen molar-refractivity contribution in [3.8, 4) is 0 Å². The van der Waals surface area contributed by atoms with Gasteiger partial charge in [-0.15, -0.1) is 0 Å². The lowest BCUT2D eigenvalue weighted by atomic mass is 9.95. The minimum Gasteiger partial charge on any atom is -0.330 e. The van der Waals surface area contributed by atoms with Gasteiger partial charge in [-0.1, -0.05) is 38.1 Å². The molecule has 1 heteroatoms. The predicted molar refractivity (Wildman–Crippen MR) is 62.4 cm³/mol. The van der Waals surface area contributed by atoms with Crippen LogP contribution in [0, 0.1) is 5.92 Å². The topological polar surface area (TPSA) is 26.0 Å². The summed E-state index contributed by atoms with van der Waals surface area (Å²) in [5, 5.41) is 0. The quantitative estimate of drug-likeness (QED) is 0.761. The Kier molecular flexibility index (Phi) is 4.68. The number of nitrogens with two attached hydrogens (primary N) is 1. The molecule has 0 saturated heterocycles. The summed E-state index contributed by atoms with van der Waals surface area (Å²) in [6.07, 6.45) is 3.40. The maximum Gasteiger partial charge on any atom is -0.00741 e. The molecule has 1 nitrogen and oxygen atoms in total. The Morgan fingerprint density at radius 1 is 1.14 bits per heavy atom. The van der Waals surface area contributed by atoms with Gasteiger partial charge in [0.05, 0.1) is 0 Å². The van der Waals surface area contributed by atoms with Crippen molar-refractivity contribution in [1.82, 2.24) is 0 Å². The Bertz CT molecular complexity index is 266. The van der Waals surface area contributed by atoms with Crippen LogP contribution in [0.5, 0.6) is 0 Å². The highest BCUT2D eigenvalue weighted by Crippen LogP contribution is 2.15. The molecule has 0 aliphatic carbocycles. The van der Waals surface area contributed by atoms with E-state index in [1.54, 1.807) is 0 Å². The third-order valence-electron chi connectivity index (χ3n) is 2.40. The van der Waals surface area contributed by atoms with Crippen LogP contribution >= 0.6 is 0 Å². The molecular weight excluding hydrogens is 170 g/mol. The fourth-order valence-electron chi connectivity index (χ4n) is 1.73. The van der Waals surface area contributed by atoms with Crippen LogP contribution in [-0.2, 0) is 12.8 Å². The van der Waals surface area contributed by atoms with E-state index in [1.165, 1.54) is 17.5 Å². The van der Waals surface area contributed by atoms with Gasteiger partial charge in [-0.25, -0.2) is 0 Å². The van der Waals surface area contributed by atoms with E-state index < -0.39 is 0 Å². The Balaban J connectivity index is 2.69. The molecule has 0 spiro atoms. The van der Waals surface area contributed by atoms with Gasteiger partial charge in [0.15, 0.2) is 0 Å². The zero-order chi connectivity index (χ0) is 10.4. The van der Waals surface area contributed by atoms with E-state index in [2.05, 4.69) is 38.1 Å². The van der Waals surface area contributed by atoms with Gasteiger partial charge in [0.1, 0.15) is 0 Å². The van der Waals surface area contributed by atoms with Crippen LogP contribution in [0.4, 0.5) is 0 Å². The van der Waals surface area contributed by atoms with E-state index in [0.29, 0.717) is 0 Å². The highest BCUT2D eigenvalue weighted by Gasteiger charge is 2.03. The fourth-order valence-corrected chi connectivity index (χ4v) is 1.73. The number of aryl methyl sites for hydroxylation is 1. The van der Waals surface area contributed by atoms with E-state index >= 15 is 0 Å². The minimum absolute atomic E-state index is 0.731. The number of rotatable bonds is 5. The Hall–Kier alpha value is -0.820. The summed E-state index contributed by atoms with van der Waals surface area (Å²) in [5.41, 5.74) is 8.50. The molecule has 0 atom stereocenters. The van der Waals surface area contributed by atoms with Gasteiger partial charge >= 0.3 is 0 Å². The summed E-state index contributed by atoms with van der Waals surface area (Å²) in [5.74, 6) is 0.731. The van der Waals surface area contributed by atoms with Gasteiger partial charge in [-0.3, -0.25) is 0 Å². The van der Waals surface area contributed by atoms with Crippen molar-refractivity contribution in [3.63, 3.8) is 0 Å². The molecule has 0 saturated carbocycles. The molecular formula is C13H21N. The molecule has 14 heavy (non-hydrogen) atoms. The van der Waals surface area contributed by atoms with Gasteiger partial charge < -0.3 is 5.73 Å². The zero-order valence-electron chi connectivity index (χ0n) is 9.29. The Morgan fingerprint density at radius 3 is 2.36 bits per heavy atom. The largest absolute Gasteiger partial charge is 0.330 e. The van der Waals surface area contributed by atoms with Gasteiger partial charge in [0.25, 0.3) is 0 Å². The Morgan fingerprint density at radius 2 is 1.79 bits per heavy atom. The first-order valence-electron chi connectivity index (χ1n) is 5.51. The summed E-state index contributed by atoms with van der Waals surface area (Å²) < 4.78 is 0. The summed E-state index contributed by atoms with van der Waals surface area (Å²) in [7, 11) is 0. The van der Waals surface area contributed by atoms with E-state index in [4.69, 9.17) is 5.73 Å². The highest BCUT2D eigenvalue weighted by atomic mass is 14.5. The van der Waals surface area contributed by atoms with Crippen molar-refractivity contribution in [1.29, 1.82) is 0 Å². The van der Waals surface area contributed by atoms with E-state index in [9.17, 15) is 0 Å². The number of hydrogen-bond acceptors (Lipinski definition) is 1. The third-order valence-corrected chi connectivity index (χ3v) is 2.40. The zero-order valence-corrected chi connectivity index (χ0v) is 9.29. The fraction of sp³-hybridized carbons (Fsp3) is 0.538. The first kappa shape index (κ1) is 11.3. The van der Waals surface area contributed by atoms with Gasteiger partial charge in [-0.2, -0.15) is 0 Å². The summed E-state index contributed by atoms with van der Waals surface area (Å²) in [4.78, 5) is 0. The van der Waals surface area contributed by atoms with Gasteiger partial charge in [0.2, 0.25) is 0 Å². The summed E-state index contributed by atoms with van der Waals surface area (Å²) >= 11 is 0. The van der Waals surface area contributed by atoms with Crippen molar-refractivity contribution in [2.45, 2.75) is 33.1 Å². The third kappa shape index (κ3) is 3.51. The maximum absolute atomic E-state index is 5.53. The van der Waals surface area contributed by atoms with Crippen LogP contribution in [0.25, 0.3) is 0 Å². The predicted octanol–water partition coefficient (Wildman–Crippen LogP) is 2.78. The van der Waals surface area contributed by atoms with Crippen LogP contribution in [-0.4, -0.2) is 6.54 Å². The molecule has 1 aromatic rings. The van der Waals surface area contributed by atoms with Gasteiger partial charge in [-0.05, 0) is 42.9 Å². The second-order valence-electron chi connectivity index (χ2n) is 4.26. The molecule has 0 aliphatic heterocycles. The molecule has 0 aliphatic rings. The average Bonchev–Trinajstić information content (AvgIpc) is 2.16. The molecule has 0 fully saturated rings. The van der Waals surface area contributed by atoms with E-state index in [-0.39, 0.29) is 0 Å². The van der Waals surface area contributed by atoms with Crippen LogP contribution in [0.2, 0.25) is 0 Å². The van der Waals surface area contributed by atoms with Crippen molar-refractivity contribution in [2.75, 3.05) is 6.54 Å². The molecule has 0 radical (unpaired) electrons. The maximum atomic E-state index is 5.53. The first-order chi connectivity index (χ1) is 6.74. The lowest BCUT2D eigenvalue weighted by molar-refractivity contribution is 0.641. The molecule has 0 amide bonds. The first-order valence-corrected chi connectivity index (χ1v) is 5.51. The molecule has 1 aromatic carbocycles. The summed E-state index contributed by atoms with van der Waals surface area (Å²) in [6.45, 7) is 5.31. The minimum atomic E-state index is 0.731. The standard InChI is InChI=1S/C13H21N/c1-11(2)10-13-7-4-3-6-12(13)8-5-9-14/h3-4,6-7,11H,5,8-10,14H2,1-2H3. The van der Waals surface area contributed by atoms with Gasteiger partial charge in [0, 0.05) is 0 Å². The van der Waals surface area contributed by atoms with Crippen molar-refractivity contribution >= 4 is 0 Å². The van der Waals surface area contributed by atoms with Crippen LogP contribution < -0.4 is 5.73 Å². The normalized spacial score (nSPS) is 10.9. The smallest absolute Gasteiger partial charge is 0.00741 e. The summed E-state index contributed by atoms with van der Waals surface area (Å²) in [6, 6.07) is 8.72. The lowest BCUT2D eigenvalue weighted by Gasteiger charge is -2.10. The van der Waals surface area contributed by atoms with Crippen LogP contribution in [0.1, 0.15) is 31.4 Å². The lowest BCUT2D eigenvalue weighted by Crippen LogP contribution is -2.04. The molecule has 2 N–H and O–H groups in total. The molecule has 1 rings (SSSR count). The monoisotopic (exact) mass is 191 g/mol. The second-order valence-corrected chi connectivity index (χ2v) is 4.26. The van der Waals surface area contributed by atoms with E-state index in [1.807, 2.05) is 0 Å². The molecule has 78 valence electrons. The Labute approximate surface area is 87.3 Å². The van der Waals surface area contributed by atoms with E-state index in [0.717, 1.165) is 25.3 Å². The second kappa shape index (κ2) is 5.82. The molecule has 0 heterocycles. The average molecular weight is 191 g/mol. The van der Waals surface area contributed by atoms with Crippen LogP contribution in [0.3, 0.4) is 0 Å². The number of benzene rings is 1. The highest BCUT2D eigenvalue weighted by molar-refractivity contribution is 5.27. The van der Waals surface area contributed by atoms with Crippen molar-refractivity contribution in [2.24, 2.45) is 11.7 Å². The SMILES string of the molecule is CC(C)Cc1ccccc1CCCN. The molecule has 0 bridgehead atoms. The molecule has 0 unspecified atom stereocenters.